The highest BCUT2D eigenvalue weighted by molar-refractivity contribution is 5.94. The molecule has 0 aromatic heterocycles. The number of benzene rings is 3. The number of amides is 3. The number of likely N-dealkylation sites (N-methyl/N-ethyl adjacent to an activating group) is 1. The zero-order valence-electron chi connectivity index (χ0n) is 17.3. The van der Waals surface area contributed by atoms with Crippen LogP contribution in [0.4, 0.5) is 14.9 Å². The summed E-state index contributed by atoms with van der Waals surface area (Å²) in [7, 11) is 3.27. The van der Waals surface area contributed by atoms with Gasteiger partial charge in [-0.15, -0.1) is 0 Å². The van der Waals surface area contributed by atoms with Gasteiger partial charge in [0.2, 0.25) is 5.91 Å². The number of ether oxygens (including phenoxy) is 1. The van der Waals surface area contributed by atoms with E-state index in [-0.39, 0.29) is 18.3 Å². The molecule has 0 unspecified atom stereocenters. The van der Waals surface area contributed by atoms with Crippen LogP contribution in [0.5, 0.6) is 5.75 Å². The molecule has 0 spiro atoms. The molecule has 0 aliphatic rings. The molecule has 3 amide bonds. The Morgan fingerprint density at radius 2 is 1.71 bits per heavy atom. The average molecular weight is 421 g/mol. The van der Waals surface area contributed by atoms with Crippen molar-refractivity contribution in [3.63, 3.8) is 0 Å². The zero-order valence-corrected chi connectivity index (χ0v) is 17.3. The zero-order chi connectivity index (χ0) is 22.2. The van der Waals surface area contributed by atoms with Crippen molar-refractivity contribution < 1.29 is 18.7 Å². The van der Waals surface area contributed by atoms with E-state index < -0.39 is 12.1 Å². The molecule has 2 N–H and O–H groups in total. The van der Waals surface area contributed by atoms with Gasteiger partial charge in [0.15, 0.2) is 0 Å². The van der Waals surface area contributed by atoms with Gasteiger partial charge >= 0.3 is 6.03 Å². The lowest BCUT2D eigenvalue weighted by atomic mass is 10.1. The molecule has 0 fully saturated rings. The van der Waals surface area contributed by atoms with Crippen LogP contribution in [-0.4, -0.2) is 30.9 Å². The number of carbonyl (C=O) groups is 2. The van der Waals surface area contributed by atoms with Gasteiger partial charge in [0.25, 0.3) is 0 Å². The Labute approximate surface area is 180 Å². The minimum absolute atomic E-state index is 0.195. The Bertz CT molecular complexity index is 1040. The minimum atomic E-state index is -0.816. The Morgan fingerprint density at radius 3 is 2.42 bits per heavy atom. The maximum absolute atomic E-state index is 13.3. The lowest BCUT2D eigenvalue weighted by Gasteiger charge is -2.22. The van der Waals surface area contributed by atoms with Crippen LogP contribution in [-0.2, 0) is 11.4 Å². The molecule has 0 bridgehead atoms. The number of carbonyl (C=O) groups excluding carboxylic acids is 2. The number of hydrogen-bond acceptors (Lipinski definition) is 3. The number of nitrogens with one attached hydrogen (secondary N) is 2. The minimum Gasteiger partial charge on any atom is -0.489 e. The van der Waals surface area contributed by atoms with Crippen LogP contribution >= 0.6 is 0 Å². The fourth-order valence-electron chi connectivity index (χ4n) is 2.95. The van der Waals surface area contributed by atoms with Gasteiger partial charge < -0.3 is 20.3 Å². The fourth-order valence-corrected chi connectivity index (χ4v) is 2.95. The van der Waals surface area contributed by atoms with E-state index in [0.717, 1.165) is 0 Å². The highest BCUT2D eigenvalue weighted by atomic mass is 19.1. The van der Waals surface area contributed by atoms with Gasteiger partial charge in [-0.2, -0.15) is 0 Å². The largest absolute Gasteiger partial charge is 0.489 e. The molecular formula is C24H24FN3O3. The summed E-state index contributed by atoms with van der Waals surface area (Å²) in [5.41, 5.74) is 1.88. The van der Waals surface area contributed by atoms with Crippen LogP contribution in [0.1, 0.15) is 17.2 Å². The molecule has 0 aliphatic heterocycles. The van der Waals surface area contributed by atoms with Crippen molar-refractivity contribution in [2.75, 3.05) is 19.4 Å². The molecule has 1 atom stereocenters. The summed E-state index contributed by atoms with van der Waals surface area (Å²) in [6.07, 6.45) is 0. The van der Waals surface area contributed by atoms with Gasteiger partial charge in [-0.05, 0) is 35.4 Å². The van der Waals surface area contributed by atoms with Crippen molar-refractivity contribution in [1.29, 1.82) is 0 Å². The van der Waals surface area contributed by atoms with E-state index in [0.29, 0.717) is 22.6 Å². The van der Waals surface area contributed by atoms with Crippen molar-refractivity contribution in [2.24, 2.45) is 0 Å². The molecule has 3 aromatic carbocycles. The van der Waals surface area contributed by atoms with Crippen LogP contribution in [0.25, 0.3) is 0 Å². The number of nitrogens with zero attached hydrogens (tertiary/aromatic N) is 1. The average Bonchev–Trinajstić information content (AvgIpc) is 2.76. The Kier molecular flexibility index (Phi) is 7.22. The second-order valence-electron chi connectivity index (χ2n) is 7.12. The van der Waals surface area contributed by atoms with Gasteiger partial charge in [-0.1, -0.05) is 48.5 Å². The molecule has 7 heteroatoms. The standard InChI is InChI=1S/C24H24FN3O3/c1-28(2)23(29)22(18-9-4-3-5-10-18)27-24(30)26-20-12-7-13-21(15-20)31-16-17-8-6-11-19(25)14-17/h3-15,22H,16H2,1-2H3,(H2,26,27,30)/t22-/m0/s1. The first-order valence-electron chi connectivity index (χ1n) is 9.73. The first kappa shape index (κ1) is 21.8. The summed E-state index contributed by atoms with van der Waals surface area (Å²) >= 11 is 0. The number of hydrogen-bond donors (Lipinski definition) is 2. The molecule has 31 heavy (non-hydrogen) atoms. The van der Waals surface area contributed by atoms with Gasteiger partial charge in [0, 0.05) is 25.8 Å². The SMILES string of the molecule is CN(C)C(=O)[C@@H](NC(=O)Nc1cccc(OCc2cccc(F)c2)c1)c1ccccc1. The van der Waals surface area contributed by atoms with E-state index >= 15 is 0 Å². The smallest absolute Gasteiger partial charge is 0.320 e. The molecule has 0 aliphatic carbocycles. The van der Waals surface area contributed by atoms with Crippen molar-refractivity contribution in [3.05, 3.63) is 95.8 Å². The quantitative estimate of drug-likeness (QED) is 0.596. The summed E-state index contributed by atoms with van der Waals surface area (Å²) in [4.78, 5) is 26.6. The summed E-state index contributed by atoms with van der Waals surface area (Å²) in [5.74, 6) is -0.0482. The predicted octanol–water partition coefficient (Wildman–Crippen LogP) is 4.36. The van der Waals surface area contributed by atoms with E-state index in [4.69, 9.17) is 4.74 Å². The van der Waals surface area contributed by atoms with Crippen molar-refractivity contribution in [3.8, 4) is 5.75 Å². The first-order valence-corrected chi connectivity index (χ1v) is 9.73. The second kappa shape index (κ2) is 10.2. The van der Waals surface area contributed by atoms with Crippen LogP contribution in [0.15, 0.2) is 78.9 Å². The molecule has 0 heterocycles. The molecule has 0 saturated carbocycles. The number of anilines is 1. The van der Waals surface area contributed by atoms with Crippen LogP contribution in [0.3, 0.4) is 0 Å². The number of urea groups is 1. The summed E-state index contributed by atoms with van der Waals surface area (Å²) in [6, 6.07) is 20.7. The van der Waals surface area contributed by atoms with Crippen LogP contribution in [0.2, 0.25) is 0 Å². The Morgan fingerprint density at radius 1 is 0.968 bits per heavy atom. The monoisotopic (exact) mass is 421 g/mol. The summed E-state index contributed by atoms with van der Waals surface area (Å²) in [6.45, 7) is 0.195. The third kappa shape index (κ3) is 6.30. The maximum atomic E-state index is 13.3. The molecule has 160 valence electrons. The van der Waals surface area contributed by atoms with E-state index in [1.165, 1.54) is 17.0 Å². The van der Waals surface area contributed by atoms with E-state index in [9.17, 15) is 14.0 Å². The van der Waals surface area contributed by atoms with Gasteiger partial charge in [-0.25, -0.2) is 9.18 Å². The van der Waals surface area contributed by atoms with Gasteiger partial charge in [-0.3, -0.25) is 4.79 Å². The second-order valence-corrected chi connectivity index (χ2v) is 7.12. The number of halogens is 1. The first-order chi connectivity index (χ1) is 14.9. The predicted molar refractivity (Wildman–Crippen MR) is 117 cm³/mol. The number of rotatable bonds is 7. The third-order valence-electron chi connectivity index (χ3n) is 4.48. The highest BCUT2D eigenvalue weighted by Gasteiger charge is 2.24. The lowest BCUT2D eigenvalue weighted by Crippen LogP contribution is -2.41. The molecule has 6 nitrogen and oxygen atoms in total. The molecule has 3 rings (SSSR count). The maximum Gasteiger partial charge on any atom is 0.320 e. The highest BCUT2D eigenvalue weighted by Crippen LogP contribution is 2.20. The normalized spacial score (nSPS) is 11.3. The van der Waals surface area contributed by atoms with Crippen molar-refractivity contribution in [1.82, 2.24) is 10.2 Å². The Hall–Kier alpha value is -3.87. The molecule has 3 aromatic rings. The topological polar surface area (TPSA) is 70.7 Å². The van der Waals surface area contributed by atoms with Gasteiger partial charge in [0.05, 0.1) is 0 Å². The third-order valence-corrected chi connectivity index (χ3v) is 4.48. The lowest BCUT2D eigenvalue weighted by molar-refractivity contribution is -0.130. The van der Waals surface area contributed by atoms with Crippen molar-refractivity contribution >= 4 is 17.6 Å². The van der Waals surface area contributed by atoms with E-state index in [2.05, 4.69) is 10.6 Å². The molecule has 0 saturated heterocycles. The summed E-state index contributed by atoms with van der Waals surface area (Å²) in [5, 5.41) is 5.45. The van der Waals surface area contributed by atoms with Gasteiger partial charge in [0.1, 0.15) is 24.2 Å². The van der Waals surface area contributed by atoms with E-state index in [1.54, 1.807) is 62.6 Å². The Balaban J connectivity index is 1.65. The van der Waals surface area contributed by atoms with E-state index in [1.807, 2.05) is 18.2 Å². The fraction of sp³-hybridized carbons (Fsp3) is 0.167. The molecular weight excluding hydrogens is 397 g/mol. The van der Waals surface area contributed by atoms with Crippen LogP contribution in [0, 0.1) is 5.82 Å². The molecule has 0 radical (unpaired) electrons. The van der Waals surface area contributed by atoms with Crippen molar-refractivity contribution in [2.45, 2.75) is 12.6 Å². The van der Waals surface area contributed by atoms with Crippen LogP contribution < -0.4 is 15.4 Å². The summed E-state index contributed by atoms with van der Waals surface area (Å²) < 4.78 is 19.0.